The van der Waals surface area contributed by atoms with Gasteiger partial charge >= 0.3 is 11.9 Å². The van der Waals surface area contributed by atoms with Crippen molar-refractivity contribution < 1.29 is 24.2 Å². The van der Waals surface area contributed by atoms with Crippen LogP contribution in [0.15, 0.2) is 48.6 Å². The number of rotatable bonds is 42. The summed E-state index contributed by atoms with van der Waals surface area (Å²) in [6.07, 6.45) is 57.6. The van der Waals surface area contributed by atoms with Crippen LogP contribution < -0.4 is 0 Å². The van der Waals surface area contributed by atoms with Gasteiger partial charge in [-0.15, -0.1) is 0 Å². The number of aliphatic hydroxyl groups is 1. The molecule has 0 bridgehead atoms. The summed E-state index contributed by atoms with van der Waals surface area (Å²) >= 11 is 0. The van der Waals surface area contributed by atoms with Gasteiger partial charge in [0.25, 0.3) is 0 Å². The maximum absolute atomic E-state index is 12.2. The van der Waals surface area contributed by atoms with Crippen LogP contribution in [-0.2, 0) is 19.1 Å². The standard InChI is InChI=1S/C49H88O5/c1-3-5-7-9-11-13-15-17-19-21-22-23-24-25-26-28-29-31-33-35-37-39-41-43-48(51)53-46-47(45-50)54-49(52)44-42-40-38-36-34-32-30-27-20-18-16-14-12-10-8-6-4-2/h6,8,12,14,18,20-22,47,50H,3-5,7,9-11,13,15-17,19,23-46H2,1-2H3/b8-6-,14-12-,20-18-,22-21-. The van der Waals surface area contributed by atoms with Crippen molar-refractivity contribution in [1.82, 2.24) is 0 Å². The van der Waals surface area contributed by atoms with E-state index >= 15 is 0 Å². The summed E-state index contributed by atoms with van der Waals surface area (Å²) < 4.78 is 10.6. The van der Waals surface area contributed by atoms with Crippen LogP contribution in [0.4, 0.5) is 0 Å². The van der Waals surface area contributed by atoms with Crippen LogP contribution in [0.25, 0.3) is 0 Å². The third-order valence-corrected chi connectivity index (χ3v) is 10.1. The minimum Gasteiger partial charge on any atom is -0.462 e. The predicted octanol–water partition coefficient (Wildman–Crippen LogP) is 15.0. The van der Waals surface area contributed by atoms with E-state index in [-0.39, 0.29) is 25.2 Å². The Balaban J connectivity index is 3.51. The van der Waals surface area contributed by atoms with E-state index in [1.54, 1.807) is 0 Å². The second-order valence-electron chi connectivity index (χ2n) is 15.4. The number of ether oxygens (including phenoxy) is 2. The van der Waals surface area contributed by atoms with Gasteiger partial charge in [-0.25, -0.2) is 0 Å². The van der Waals surface area contributed by atoms with Crippen molar-refractivity contribution in [3.05, 3.63) is 48.6 Å². The number of unbranched alkanes of at least 4 members (excludes halogenated alkanes) is 26. The Morgan fingerprint density at radius 2 is 0.796 bits per heavy atom. The molecule has 5 nitrogen and oxygen atoms in total. The lowest BCUT2D eigenvalue weighted by molar-refractivity contribution is -0.161. The van der Waals surface area contributed by atoms with E-state index < -0.39 is 6.10 Å². The van der Waals surface area contributed by atoms with Crippen molar-refractivity contribution in [3.63, 3.8) is 0 Å². The fourth-order valence-electron chi connectivity index (χ4n) is 6.62. The zero-order valence-corrected chi connectivity index (χ0v) is 35.7. The number of hydrogen-bond acceptors (Lipinski definition) is 5. The van der Waals surface area contributed by atoms with Gasteiger partial charge in [-0.05, 0) is 70.6 Å². The average Bonchev–Trinajstić information content (AvgIpc) is 3.17. The van der Waals surface area contributed by atoms with Crippen molar-refractivity contribution in [3.8, 4) is 0 Å². The second-order valence-corrected chi connectivity index (χ2v) is 15.4. The summed E-state index contributed by atoms with van der Waals surface area (Å²) in [6.45, 7) is 4.03. The number of hydrogen-bond donors (Lipinski definition) is 1. The number of allylic oxidation sites excluding steroid dienone is 8. The van der Waals surface area contributed by atoms with Crippen molar-refractivity contribution in [2.75, 3.05) is 13.2 Å². The minimum atomic E-state index is -0.777. The molecule has 314 valence electrons. The van der Waals surface area contributed by atoms with Crippen LogP contribution in [0, 0.1) is 0 Å². The molecule has 0 amide bonds. The van der Waals surface area contributed by atoms with Crippen molar-refractivity contribution in [2.24, 2.45) is 0 Å². The summed E-state index contributed by atoms with van der Waals surface area (Å²) in [5.74, 6) is -0.598. The largest absolute Gasteiger partial charge is 0.462 e. The van der Waals surface area contributed by atoms with Gasteiger partial charge in [-0.3, -0.25) is 9.59 Å². The SMILES string of the molecule is CC/C=C\C/C=C\C/C=C\CCCCCCCCCC(=O)OC(CO)COC(=O)CCCCCCCCCCCCC/C=C\CCCCCCCCCC. The molecule has 1 unspecified atom stereocenters. The molecule has 54 heavy (non-hydrogen) atoms. The molecule has 0 heterocycles. The highest BCUT2D eigenvalue weighted by Crippen LogP contribution is 2.15. The smallest absolute Gasteiger partial charge is 0.306 e. The molecular formula is C49H88O5. The number of carbonyl (C=O) groups excluding carboxylic acids is 2. The molecule has 0 saturated carbocycles. The van der Waals surface area contributed by atoms with Gasteiger partial charge < -0.3 is 14.6 Å². The molecule has 0 aromatic carbocycles. The molecule has 5 heteroatoms. The highest BCUT2D eigenvalue weighted by Gasteiger charge is 2.16. The molecular weight excluding hydrogens is 669 g/mol. The van der Waals surface area contributed by atoms with Gasteiger partial charge in [0, 0.05) is 12.8 Å². The van der Waals surface area contributed by atoms with E-state index in [1.165, 1.54) is 141 Å². The van der Waals surface area contributed by atoms with Crippen LogP contribution in [0.3, 0.4) is 0 Å². The summed E-state index contributed by atoms with van der Waals surface area (Å²) in [7, 11) is 0. The molecule has 0 aliphatic carbocycles. The minimum absolute atomic E-state index is 0.0698. The lowest BCUT2D eigenvalue weighted by Crippen LogP contribution is -2.28. The van der Waals surface area contributed by atoms with Crippen molar-refractivity contribution in [1.29, 1.82) is 0 Å². The molecule has 0 spiro atoms. The van der Waals surface area contributed by atoms with Crippen LogP contribution in [-0.4, -0.2) is 36.4 Å². The zero-order chi connectivity index (χ0) is 39.3. The van der Waals surface area contributed by atoms with E-state index in [1.807, 2.05) is 0 Å². The van der Waals surface area contributed by atoms with Gasteiger partial charge in [-0.2, -0.15) is 0 Å². The Morgan fingerprint density at radius 1 is 0.444 bits per heavy atom. The number of carbonyl (C=O) groups is 2. The van der Waals surface area contributed by atoms with Gasteiger partial charge in [0.2, 0.25) is 0 Å². The molecule has 0 aromatic rings. The number of esters is 2. The summed E-state index contributed by atoms with van der Waals surface area (Å²) in [4.78, 5) is 24.4. The van der Waals surface area contributed by atoms with Crippen LogP contribution in [0.5, 0.6) is 0 Å². The fourth-order valence-corrected chi connectivity index (χ4v) is 6.62. The molecule has 0 aliphatic heterocycles. The third-order valence-electron chi connectivity index (χ3n) is 10.1. The monoisotopic (exact) mass is 757 g/mol. The third kappa shape index (κ3) is 42.6. The summed E-state index contributed by atoms with van der Waals surface area (Å²) in [6, 6.07) is 0. The van der Waals surface area contributed by atoms with Crippen molar-refractivity contribution >= 4 is 11.9 Å². The Labute approximate surface area is 335 Å². The quantitative estimate of drug-likeness (QED) is 0.0381. The van der Waals surface area contributed by atoms with Gasteiger partial charge in [0.05, 0.1) is 6.61 Å². The topological polar surface area (TPSA) is 72.8 Å². The van der Waals surface area contributed by atoms with Crippen LogP contribution in [0.1, 0.15) is 232 Å². The van der Waals surface area contributed by atoms with Crippen LogP contribution >= 0.6 is 0 Å². The Kier molecular flexibility index (Phi) is 43.5. The number of aliphatic hydroxyl groups excluding tert-OH is 1. The van der Waals surface area contributed by atoms with E-state index in [0.717, 1.165) is 64.2 Å². The first kappa shape index (κ1) is 51.9. The van der Waals surface area contributed by atoms with E-state index in [0.29, 0.717) is 12.8 Å². The van der Waals surface area contributed by atoms with Gasteiger partial charge in [0.1, 0.15) is 6.61 Å². The first-order valence-corrected chi connectivity index (χ1v) is 23.2. The molecule has 0 rings (SSSR count). The predicted molar refractivity (Wildman–Crippen MR) is 233 cm³/mol. The van der Waals surface area contributed by atoms with Crippen molar-refractivity contribution in [2.45, 2.75) is 238 Å². The Bertz CT molecular complexity index is 904. The Morgan fingerprint density at radius 3 is 1.22 bits per heavy atom. The molecule has 0 radical (unpaired) electrons. The molecule has 0 fully saturated rings. The summed E-state index contributed by atoms with van der Waals surface area (Å²) in [5, 5.41) is 9.59. The Hall–Kier alpha value is -2.14. The van der Waals surface area contributed by atoms with E-state index in [2.05, 4.69) is 62.5 Å². The van der Waals surface area contributed by atoms with Gasteiger partial charge in [0.15, 0.2) is 6.10 Å². The maximum atomic E-state index is 12.2. The lowest BCUT2D eigenvalue weighted by Gasteiger charge is -2.15. The zero-order valence-electron chi connectivity index (χ0n) is 35.7. The normalized spacial score (nSPS) is 12.6. The molecule has 0 aromatic heterocycles. The molecule has 0 aliphatic rings. The molecule has 0 saturated heterocycles. The second kappa shape index (κ2) is 45.3. The molecule has 1 N–H and O–H groups in total. The fraction of sp³-hybridized carbons (Fsp3) is 0.796. The summed E-state index contributed by atoms with van der Waals surface area (Å²) in [5.41, 5.74) is 0. The average molecular weight is 757 g/mol. The van der Waals surface area contributed by atoms with Crippen LogP contribution in [0.2, 0.25) is 0 Å². The highest BCUT2D eigenvalue weighted by molar-refractivity contribution is 5.70. The maximum Gasteiger partial charge on any atom is 0.306 e. The highest BCUT2D eigenvalue weighted by atomic mass is 16.6. The molecule has 1 atom stereocenters. The van der Waals surface area contributed by atoms with Gasteiger partial charge in [-0.1, -0.05) is 197 Å². The first-order chi connectivity index (χ1) is 26.6. The van der Waals surface area contributed by atoms with E-state index in [4.69, 9.17) is 9.47 Å². The first-order valence-electron chi connectivity index (χ1n) is 23.2. The van der Waals surface area contributed by atoms with E-state index in [9.17, 15) is 14.7 Å². The lowest BCUT2D eigenvalue weighted by atomic mass is 10.0.